The van der Waals surface area contributed by atoms with Crippen LogP contribution in [0.25, 0.3) is 0 Å². The van der Waals surface area contributed by atoms with Crippen molar-refractivity contribution in [3.05, 3.63) is 37.0 Å². The van der Waals surface area contributed by atoms with Crippen LogP contribution in [-0.4, -0.2) is 12.6 Å². The van der Waals surface area contributed by atoms with Gasteiger partial charge in [0.15, 0.2) is 0 Å². The molecule has 0 spiro atoms. The number of allylic oxidation sites excluding steroid dienone is 3. The summed E-state index contributed by atoms with van der Waals surface area (Å²) in [6.07, 6.45) is 14.8. The molecule has 0 atom stereocenters. The van der Waals surface area contributed by atoms with Crippen LogP contribution in [0.5, 0.6) is 0 Å². The summed E-state index contributed by atoms with van der Waals surface area (Å²) in [5, 5.41) is 0. The molecule has 0 aliphatic heterocycles. The molecule has 2 heteroatoms. The van der Waals surface area contributed by atoms with Crippen LogP contribution >= 0.6 is 0 Å². The largest absolute Gasteiger partial charge is 0.458 e. The lowest BCUT2D eigenvalue weighted by Gasteiger charge is -1.96. The molecule has 0 rings (SSSR count). The average Bonchev–Trinajstić information content (AvgIpc) is 2.30. The van der Waals surface area contributed by atoms with Gasteiger partial charge >= 0.3 is 5.97 Å². The smallest absolute Gasteiger partial charge is 0.330 e. The van der Waals surface area contributed by atoms with Crippen LogP contribution in [-0.2, 0) is 9.53 Å². The zero-order valence-corrected chi connectivity index (χ0v) is 10.2. The third-order valence-corrected chi connectivity index (χ3v) is 2.07. The summed E-state index contributed by atoms with van der Waals surface area (Å²) in [6.45, 7) is 5.79. The van der Waals surface area contributed by atoms with Crippen LogP contribution in [0, 0.1) is 0 Å². The number of carbonyl (C=O) groups is 1. The summed E-state index contributed by atoms with van der Waals surface area (Å²) in [7, 11) is 0. The van der Waals surface area contributed by atoms with E-state index in [9.17, 15) is 4.79 Å². The van der Waals surface area contributed by atoms with E-state index in [0.717, 1.165) is 19.3 Å². The quantitative estimate of drug-likeness (QED) is 0.257. The fourth-order valence-corrected chi connectivity index (χ4v) is 1.24. The van der Waals surface area contributed by atoms with Gasteiger partial charge in [-0.05, 0) is 32.6 Å². The lowest BCUT2D eigenvalue weighted by molar-refractivity contribution is -0.136. The average molecular weight is 222 g/mol. The number of hydrogen-bond donors (Lipinski definition) is 0. The minimum Gasteiger partial charge on any atom is -0.458 e. The summed E-state index contributed by atoms with van der Waals surface area (Å²) in [5.74, 6) is -0.284. The van der Waals surface area contributed by atoms with Gasteiger partial charge in [0.2, 0.25) is 0 Å². The third-order valence-electron chi connectivity index (χ3n) is 2.07. The number of rotatable bonds is 9. The second-order valence-corrected chi connectivity index (χ2v) is 3.53. The summed E-state index contributed by atoms with van der Waals surface area (Å²) in [4.78, 5) is 11.0. The van der Waals surface area contributed by atoms with Gasteiger partial charge in [-0.15, -0.1) is 0 Å². The molecule has 0 aromatic carbocycles. The molecule has 0 aliphatic rings. The van der Waals surface area contributed by atoms with Crippen molar-refractivity contribution in [3.8, 4) is 0 Å². The van der Waals surface area contributed by atoms with Crippen molar-refractivity contribution in [2.24, 2.45) is 0 Å². The maximum Gasteiger partial charge on any atom is 0.330 e. The number of unbranched alkanes of at least 4 members (excludes halogenated alkanes) is 4. The fraction of sp³-hybridized carbons (Fsp3) is 0.500. The van der Waals surface area contributed by atoms with E-state index in [1.807, 2.05) is 13.0 Å². The van der Waals surface area contributed by atoms with Gasteiger partial charge in [0.1, 0.15) is 6.61 Å². The Kier molecular flexibility index (Phi) is 10.8. The van der Waals surface area contributed by atoms with E-state index < -0.39 is 0 Å². The Hall–Kier alpha value is -1.31. The van der Waals surface area contributed by atoms with Crippen LogP contribution in [0.3, 0.4) is 0 Å². The first-order valence-electron chi connectivity index (χ1n) is 5.86. The molecule has 0 amide bonds. The number of ether oxygens (including phenoxy) is 1. The second kappa shape index (κ2) is 11.8. The SMILES string of the molecule is C=CCOC(=O)C=CCCCCCC=CC. The fourth-order valence-electron chi connectivity index (χ4n) is 1.24. The van der Waals surface area contributed by atoms with Gasteiger partial charge in [0.05, 0.1) is 0 Å². The van der Waals surface area contributed by atoms with E-state index in [0.29, 0.717) is 0 Å². The van der Waals surface area contributed by atoms with E-state index >= 15 is 0 Å². The Morgan fingerprint density at radius 2 is 1.88 bits per heavy atom. The first-order valence-corrected chi connectivity index (χ1v) is 5.86. The topological polar surface area (TPSA) is 26.3 Å². The van der Waals surface area contributed by atoms with Gasteiger partial charge in [-0.25, -0.2) is 4.79 Å². The van der Waals surface area contributed by atoms with Crippen molar-refractivity contribution in [3.63, 3.8) is 0 Å². The van der Waals surface area contributed by atoms with Crippen molar-refractivity contribution in [1.82, 2.24) is 0 Å². The first kappa shape index (κ1) is 14.7. The minimum absolute atomic E-state index is 0.284. The van der Waals surface area contributed by atoms with Crippen molar-refractivity contribution in [2.75, 3.05) is 6.61 Å². The molecule has 2 nitrogen and oxygen atoms in total. The number of esters is 1. The highest BCUT2D eigenvalue weighted by Gasteiger charge is 1.92. The first-order chi connectivity index (χ1) is 7.81. The molecule has 16 heavy (non-hydrogen) atoms. The Labute approximate surface area is 98.7 Å². The van der Waals surface area contributed by atoms with Crippen LogP contribution in [0.1, 0.15) is 39.0 Å². The van der Waals surface area contributed by atoms with E-state index in [-0.39, 0.29) is 12.6 Å². The maximum absolute atomic E-state index is 11.0. The molecule has 0 N–H and O–H groups in total. The highest BCUT2D eigenvalue weighted by Crippen LogP contribution is 2.04. The molecular weight excluding hydrogens is 200 g/mol. The highest BCUT2D eigenvalue weighted by atomic mass is 16.5. The molecule has 0 saturated carbocycles. The predicted octanol–water partition coefficient (Wildman–Crippen LogP) is 3.80. The van der Waals surface area contributed by atoms with Gasteiger partial charge in [-0.3, -0.25) is 0 Å². The van der Waals surface area contributed by atoms with Crippen LogP contribution in [0.4, 0.5) is 0 Å². The van der Waals surface area contributed by atoms with Gasteiger partial charge in [-0.2, -0.15) is 0 Å². The number of carbonyl (C=O) groups excluding carboxylic acids is 1. The Morgan fingerprint density at radius 1 is 1.19 bits per heavy atom. The van der Waals surface area contributed by atoms with Crippen molar-refractivity contribution in [2.45, 2.75) is 39.0 Å². The van der Waals surface area contributed by atoms with E-state index in [4.69, 9.17) is 4.74 Å². The lowest BCUT2D eigenvalue weighted by Crippen LogP contribution is -1.99. The second-order valence-electron chi connectivity index (χ2n) is 3.53. The summed E-state index contributed by atoms with van der Waals surface area (Å²) < 4.78 is 4.80. The highest BCUT2D eigenvalue weighted by molar-refractivity contribution is 5.81. The Morgan fingerprint density at radius 3 is 2.50 bits per heavy atom. The molecular formula is C14H22O2. The van der Waals surface area contributed by atoms with Crippen LogP contribution in [0.15, 0.2) is 37.0 Å². The number of hydrogen-bond acceptors (Lipinski definition) is 2. The summed E-state index contributed by atoms with van der Waals surface area (Å²) >= 11 is 0. The lowest BCUT2D eigenvalue weighted by atomic mass is 10.1. The standard InChI is InChI=1S/C14H22O2/c1-3-5-6-7-8-9-10-11-12-14(15)16-13-4-2/h3-5,11-12H,2,6-10,13H2,1H3. The third kappa shape index (κ3) is 10.8. The van der Waals surface area contributed by atoms with Gasteiger partial charge in [-0.1, -0.05) is 37.3 Å². The molecule has 0 aromatic rings. The van der Waals surface area contributed by atoms with Gasteiger partial charge < -0.3 is 4.74 Å². The Balaban J connectivity index is 3.32. The van der Waals surface area contributed by atoms with E-state index in [1.165, 1.54) is 18.9 Å². The van der Waals surface area contributed by atoms with Crippen LogP contribution in [0.2, 0.25) is 0 Å². The normalized spacial score (nSPS) is 11.1. The van der Waals surface area contributed by atoms with Crippen molar-refractivity contribution in [1.29, 1.82) is 0 Å². The zero-order valence-electron chi connectivity index (χ0n) is 10.2. The van der Waals surface area contributed by atoms with E-state index in [2.05, 4.69) is 18.7 Å². The zero-order chi connectivity index (χ0) is 12.1. The minimum atomic E-state index is -0.284. The molecule has 0 fully saturated rings. The van der Waals surface area contributed by atoms with E-state index in [1.54, 1.807) is 6.08 Å². The molecule has 90 valence electrons. The van der Waals surface area contributed by atoms with Gasteiger partial charge in [0.25, 0.3) is 0 Å². The molecule has 0 aromatic heterocycles. The predicted molar refractivity (Wildman–Crippen MR) is 68.2 cm³/mol. The summed E-state index contributed by atoms with van der Waals surface area (Å²) in [5.41, 5.74) is 0. The summed E-state index contributed by atoms with van der Waals surface area (Å²) in [6, 6.07) is 0. The molecule has 0 bridgehead atoms. The molecule has 0 radical (unpaired) electrons. The van der Waals surface area contributed by atoms with Crippen molar-refractivity contribution < 1.29 is 9.53 Å². The van der Waals surface area contributed by atoms with Crippen LogP contribution < -0.4 is 0 Å². The van der Waals surface area contributed by atoms with Gasteiger partial charge in [0, 0.05) is 6.08 Å². The molecule has 0 saturated heterocycles. The maximum atomic E-state index is 11.0. The monoisotopic (exact) mass is 222 g/mol. The van der Waals surface area contributed by atoms with Crippen molar-refractivity contribution >= 4 is 5.97 Å². The molecule has 0 aliphatic carbocycles. The molecule has 0 heterocycles. The molecule has 0 unspecified atom stereocenters. The Bertz CT molecular complexity index is 239.